The van der Waals surface area contributed by atoms with Gasteiger partial charge in [-0.05, 0) is 12.1 Å². The first-order chi connectivity index (χ1) is 8.99. The molecular formula is C12H10BrF2N3O. The van der Waals surface area contributed by atoms with E-state index < -0.39 is 23.1 Å². The lowest BCUT2D eigenvalue weighted by molar-refractivity contribution is 0.0941. The van der Waals surface area contributed by atoms with Crippen molar-refractivity contribution in [1.82, 2.24) is 14.9 Å². The Morgan fingerprint density at radius 3 is 2.58 bits per heavy atom. The van der Waals surface area contributed by atoms with Crippen LogP contribution in [0, 0.1) is 11.6 Å². The molecule has 1 aromatic carbocycles. The van der Waals surface area contributed by atoms with E-state index in [0.29, 0.717) is 5.82 Å². The van der Waals surface area contributed by atoms with Crippen LogP contribution >= 0.6 is 15.9 Å². The zero-order valence-electron chi connectivity index (χ0n) is 9.95. The number of benzene rings is 1. The Hall–Kier alpha value is -1.76. The Morgan fingerprint density at radius 2 is 2.05 bits per heavy atom. The number of carbonyl (C=O) groups is 1. The van der Waals surface area contributed by atoms with Crippen molar-refractivity contribution in [3.05, 3.63) is 52.0 Å². The normalized spacial score (nSPS) is 10.5. The predicted molar refractivity (Wildman–Crippen MR) is 68.4 cm³/mol. The van der Waals surface area contributed by atoms with E-state index in [1.165, 1.54) is 0 Å². The summed E-state index contributed by atoms with van der Waals surface area (Å²) < 4.78 is 29.1. The van der Waals surface area contributed by atoms with Crippen LogP contribution in [0.4, 0.5) is 8.78 Å². The predicted octanol–water partition coefficient (Wildman–Crippen LogP) is 2.39. The quantitative estimate of drug-likeness (QED) is 0.939. The van der Waals surface area contributed by atoms with Crippen molar-refractivity contribution in [2.24, 2.45) is 7.05 Å². The van der Waals surface area contributed by atoms with Gasteiger partial charge in [-0.2, -0.15) is 0 Å². The van der Waals surface area contributed by atoms with Crippen molar-refractivity contribution in [2.45, 2.75) is 6.54 Å². The van der Waals surface area contributed by atoms with Crippen LogP contribution in [0.2, 0.25) is 0 Å². The number of hydrogen-bond acceptors (Lipinski definition) is 2. The molecule has 2 rings (SSSR count). The van der Waals surface area contributed by atoms with E-state index in [2.05, 4.69) is 26.2 Å². The molecule has 19 heavy (non-hydrogen) atoms. The van der Waals surface area contributed by atoms with E-state index in [4.69, 9.17) is 0 Å². The van der Waals surface area contributed by atoms with Crippen molar-refractivity contribution in [1.29, 1.82) is 0 Å². The zero-order chi connectivity index (χ0) is 14.0. The summed E-state index contributed by atoms with van der Waals surface area (Å²) >= 11 is 2.95. The van der Waals surface area contributed by atoms with Crippen LogP contribution in [0.3, 0.4) is 0 Å². The molecule has 0 atom stereocenters. The third kappa shape index (κ3) is 2.98. The minimum Gasteiger partial charge on any atom is -0.345 e. The highest BCUT2D eigenvalue weighted by Gasteiger charge is 2.18. The van der Waals surface area contributed by atoms with E-state index in [9.17, 15) is 13.6 Å². The summed E-state index contributed by atoms with van der Waals surface area (Å²) in [6.45, 7) is 0.0945. The van der Waals surface area contributed by atoms with Crippen LogP contribution in [0.5, 0.6) is 0 Å². The smallest absolute Gasteiger partial charge is 0.257 e. The molecule has 0 aliphatic rings. The van der Waals surface area contributed by atoms with Gasteiger partial charge in [-0.1, -0.05) is 15.9 Å². The van der Waals surface area contributed by atoms with E-state index in [1.807, 2.05) is 0 Å². The summed E-state index contributed by atoms with van der Waals surface area (Å²) in [5.74, 6) is -2.05. The van der Waals surface area contributed by atoms with Gasteiger partial charge in [0.25, 0.3) is 5.91 Å². The average molecular weight is 330 g/mol. The summed E-state index contributed by atoms with van der Waals surface area (Å²) in [5, 5.41) is 2.43. The van der Waals surface area contributed by atoms with Gasteiger partial charge in [0.15, 0.2) is 0 Å². The maximum absolute atomic E-state index is 13.6. The number of nitrogens with one attached hydrogen (secondary N) is 1. The first kappa shape index (κ1) is 13.7. The van der Waals surface area contributed by atoms with Crippen LogP contribution in [0.15, 0.2) is 29.0 Å². The van der Waals surface area contributed by atoms with Gasteiger partial charge in [0.05, 0.1) is 6.54 Å². The van der Waals surface area contributed by atoms with Gasteiger partial charge in [-0.3, -0.25) is 4.79 Å². The molecule has 0 aliphatic heterocycles. The van der Waals surface area contributed by atoms with E-state index in [-0.39, 0.29) is 11.0 Å². The van der Waals surface area contributed by atoms with Crippen molar-refractivity contribution >= 4 is 21.8 Å². The molecule has 0 aliphatic carbocycles. The van der Waals surface area contributed by atoms with E-state index in [0.717, 1.165) is 12.1 Å². The topological polar surface area (TPSA) is 46.9 Å². The van der Waals surface area contributed by atoms with Crippen molar-refractivity contribution < 1.29 is 13.6 Å². The maximum Gasteiger partial charge on any atom is 0.257 e. The van der Waals surface area contributed by atoms with Gasteiger partial charge in [0, 0.05) is 23.9 Å². The molecule has 0 bridgehead atoms. The Morgan fingerprint density at radius 1 is 1.42 bits per heavy atom. The summed E-state index contributed by atoms with van der Waals surface area (Å²) in [7, 11) is 1.76. The summed E-state index contributed by atoms with van der Waals surface area (Å²) in [6.07, 6.45) is 3.28. The van der Waals surface area contributed by atoms with Crippen molar-refractivity contribution in [3.8, 4) is 0 Å². The Balaban J connectivity index is 2.15. The standard InChI is InChI=1S/C12H10BrF2N3O/c1-18-3-2-16-10(18)6-17-12(19)11-8(14)4-7(13)5-9(11)15/h2-5H,6H2,1H3,(H,17,19). The van der Waals surface area contributed by atoms with Gasteiger partial charge in [0.1, 0.15) is 23.0 Å². The molecule has 4 nitrogen and oxygen atoms in total. The van der Waals surface area contributed by atoms with E-state index in [1.54, 1.807) is 24.0 Å². The molecule has 1 amide bonds. The number of nitrogens with zero attached hydrogens (tertiary/aromatic N) is 2. The Labute approximate surface area is 116 Å². The van der Waals surface area contributed by atoms with Crippen LogP contribution < -0.4 is 5.32 Å². The monoisotopic (exact) mass is 329 g/mol. The highest BCUT2D eigenvalue weighted by molar-refractivity contribution is 9.10. The number of rotatable bonds is 3. The minimum absolute atomic E-state index is 0.0945. The summed E-state index contributed by atoms with van der Waals surface area (Å²) in [5.41, 5.74) is -0.600. The van der Waals surface area contributed by atoms with Crippen molar-refractivity contribution in [3.63, 3.8) is 0 Å². The minimum atomic E-state index is -0.913. The van der Waals surface area contributed by atoms with Gasteiger partial charge in [-0.25, -0.2) is 13.8 Å². The molecule has 2 aromatic rings. The molecule has 0 unspecified atom stereocenters. The largest absolute Gasteiger partial charge is 0.345 e. The molecular weight excluding hydrogens is 320 g/mol. The lowest BCUT2D eigenvalue weighted by Gasteiger charge is -2.07. The fourth-order valence-corrected chi connectivity index (χ4v) is 1.98. The lowest BCUT2D eigenvalue weighted by atomic mass is 10.2. The third-order valence-corrected chi connectivity index (χ3v) is 3.02. The van der Waals surface area contributed by atoms with Crippen LogP contribution in [-0.2, 0) is 13.6 Å². The van der Waals surface area contributed by atoms with Crippen LogP contribution in [0.1, 0.15) is 16.2 Å². The number of imidazole rings is 1. The molecule has 0 saturated heterocycles. The number of aryl methyl sites for hydroxylation is 1. The van der Waals surface area contributed by atoms with Gasteiger partial charge >= 0.3 is 0 Å². The highest BCUT2D eigenvalue weighted by atomic mass is 79.9. The van der Waals surface area contributed by atoms with Crippen LogP contribution in [0.25, 0.3) is 0 Å². The van der Waals surface area contributed by atoms with Crippen molar-refractivity contribution in [2.75, 3.05) is 0 Å². The zero-order valence-corrected chi connectivity index (χ0v) is 11.5. The molecule has 0 spiro atoms. The first-order valence-corrected chi connectivity index (χ1v) is 6.17. The molecule has 1 aromatic heterocycles. The number of halogens is 3. The molecule has 1 heterocycles. The number of carbonyl (C=O) groups excluding carboxylic acids is 1. The highest BCUT2D eigenvalue weighted by Crippen LogP contribution is 2.19. The molecule has 0 saturated carbocycles. The molecule has 0 radical (unpaired) electrons. The second-order valence-corrected chi connectivity index (χ2v) is 4.80. The second kappa shape index (κ2) is 5.48. The second-order valence-electron chi connectivity index (χ2n) is 3.88. The molecule has 1 N–H and O–H groups in total. The molecule has 100 valence electrons. The third-order valence-electron chi connectivity index (χ3n) is 2.56. The Bertz CT molecular complexity index is 604. The number of aromatic nitrogens is 2. The van der Waals surface area contributed by atoms with Crippen LogP contribution in [-0.4, -0.2) is 15.5 Å². The van der Waals surface area contributed by atoms with Gasteiger partial charge < -0.3 is 9.88 Å². The lowest BCUT2D eigenvalue weighted by Crippen LogP contribution is -2.26. The molecule has 0 fully saturated rings. The first-order valence-electron chi connectivity index (χ1n) is 5.38. The fourth-order valence-electron chi connectivity index (χ4n) is 1.57. The SMILES string of the molecule is Cn1ccnc1CNC(=O)c1c(F)cc(Br)cc1F. The number of hydrogen-bond donors (Lipinski definition) is 1. The van der Waals surface area contributed by atoms with E-state index >= 15 is 0 Å². The van der Waals surface area contributed by atoms with Gasteiger partial charge in [-0.15, -0.1) is 0 Å². The Kier molecular flexibility index (Phi) is 3.94. The number of amides is 1. The van der Waals surface area contributed by atoms with Gasteiger partial charge in [0.2, 0.25) is 0 Å². The summed E-state index contributed by atoms with van der Waals surface area (Å²) in [6, 6.07) is 2.08. The maximum atomic E-state index is 13.6. The molecule has 7 heteroatoms. The summed E-state index contributed by atoms with van der Waals surface area (Å²) in [4.78, 5) is 15.8. The fraction of sp³-hybridized carbons (Fsp3) is 0.167. The average Bonchev–Trinajstić information content (AvgIpc) is 2.70.